The van der Waals surface area contributed by atoms with E-state index in [4.69, 9.17) is 4.74 Å². The summed E-state index contributed by atoms with van der Waals surface area (Å²) in [5.74, 6) is -1.08. The highest BCUT2D eigenvalue weighted by atomic mass is 32.2. The van der Waals surface area contributed by atoms with Crippen molar-refractivity contribution in [3.05, 3.63) is 29.3 Å². The SMILES string of the molecule is Cc1ccc(S(=O)(=O)NC2COCC2(C)C(=O)O)cc1C. The van der Waals surface area contributed by atoms with Crippen LogP contribution in [0, 0.1) is 19.3 Å². The van der Waals surface area contributed by atoms with Gasteiger partial charge in [-0.1, -0.05) is 6.07 Å². The molecule has 1 aromatic rings. The van der Waals surface area contributed by atoms with Crippen molar-refractivity contribution in [2.24, 2.45) is 5.41 Å². The van der Waals surface area contributed by atoms with Crippen LogP contribution in [0.15, 0.2) is 23.1 Å². The Morgan fingerprint density at radius 3 is 2.62 bits per heavy atom. The van der Waals surface area contributed by atoms with E-state index in [1.54, 1.807) is 12.1 Å². The first-order valence-electron chi connectivity index (χ1n) is 6.57. The largest absolute Gasteiger partial charge is 0.481 e. The van der Waals surface area contributed by atoms with Gasteiger partial charge in [0.25, 0.3) is 0 Å². The number of benzene rings is 1. The zero-order valence-electron chi connectivity index (χ0n) is 12.2. The molecule has 0 saturated carbocycles. The van der Waals surface area contributed by atoms with Crippen molar-refractivity contribution in [3.8, 4) is 0 Å². The lowest BCUT2D eigenvalue weighted by Gasteiger charge is -2.25. The summed E-state index contributed by atoms with van der Waals surface area (Å²) in [5, 5.41) is 9.28. The normalized spacial score (nSPS) is 26.0. The summed E-state index contributed by atoms with van der Waals surface area (Å²) < 4.78 is 32.4. The third-order valence-electron chi connectivity index (χ3n) is 4.03. The van der Waals surface area contributed by atoms with E-state index < -0.39 is 27.4 Å². The minimum absolute atomic E-state index is 0.0115. The second-order valence-electron chi connectivity index (χ2n) is 5.66. The van der Waals surface area contributed by atoms with Gasteiger partial charge in [0, 0.05) is 0 Å². The first-order valence-corrected chi connectivity index (χ1v) is 8.06. The van der Waals surface area contributed by atoms with Crippen molar-refractivity contribution in [3.63, 3.8) is 0 Å². The van der Waals surface area contributed by atoms with Gasteiger partial charge in [-0.05, 0) is 44.0 Å². The van der Waals surface area contributed by atoms with Gasteiger partial charge < -0.3 is 9.84 Å². The van der Waals surface area contributed by atoms with Crippen molar-refractivity contribution >= 4 is 16.0 Å². The van der Waals surface area contributed by atoms with E-state index in [9.17, 15) is 18.3 Å². The highest BCUT2D eigenvalue weighted by molar-refractivity contribution is 7.89. The molecule has 6 nitrogen and oxygen atoms in total. The number of carboxylic acids is 1. The van der Waals surface area contributed by atoms with Gasteiger partial charge >= 0.3 is 5.97 Å². The smallest absolute Gasteiger partial charge is 0.313 e. The summed E-state index contributed by atoms with van der Waals surface area (Å²) in [5.41, 5.74) is 0.599. The second-order valence-corrected chi connectivity index (χ2v) is 7.37. The molecule has 1 aromatic carbocycles. The van der Waals surface area contributed by atoms with E-state index in [0.717, 1.165) is 11.1 Å². The fraction of sp³-hybridized carbons (Fsp3) is 0.500. The van der Waals surface area contributed by atoms with Crippen LogP contribution in [0.3, 0.4) is 0 Å². The molecule has 2 N–H and O–H groups in total. The molecule has 2 rings (SSSR count). The number of sulfonamides is 1. The number of nitrogens with one attached hydrogen (secondary N) is 1. The van der Waals surface area contributed by atoms with Crippen molar-refractivity contribution in [2.75, 3.05) is 13.2 Å². The molecule has 0 spiro atoms. The molecule has 0 aromatic heterocycles. The molecule has 0 aliphatic carbocycles. The average Bonchev–Trinajstić information content (AvgIpc) is 2.75. The first kappa shape index (κ1) is 15.9. The zero-order chi connectivity index (χ0) is 15.8. The van der Waals surface area contributed by atoms with Gasteiger partial charge in [-0.3, -0.25) is 4.79 Å². The molecule has 0 bridgehead atoms. The van der Waals surface area contributed by atoms with Crippen LogP contribution in [-0.4, -0.2) is 38.7 Å². The van der Waals surface area contributed by atoms with E-state index in [2.05, 4.69) is 4.72 Å². The fourth-order valence-electron chi connectivity index (χ4n) is 2.18. The Hall–Kier alpha value is -1.44. The van der Waals surface area contributed by atoms with Crippen LogP contribution in [0.2, 0.25) is 0 Å². The molecule has 1 fully saturated rings. The third-order valence-corrected chi connectivity index (χ3v) is 5.50. The van der Waals surface area contributed by atoms with Crippen molar-refractivity contribution in [2.45, 2.75) is 31.7 Å². The standard InChI is InChI=1S/C14H19NO5S/c1-9-4-5-11(6-10(9)2)21(18,19)15-12-7-20-8-14(12,3)13(16)17/h4-6,12,15H,7-8H2,1-3H3,(H,16,17). The number of rotatable bonds is 4. The molecule has 0 amide bonds. The van der Waals surface area contributed by atoms with Gasteiger partial charge in [0.15, 0.2) is 0 Å². The van der Waals surface area contributed by atoms with E-state index in [0.29, 0.717) is 0 Å². The minimum Gasteiger partial charge on any atom is -0.481 e. The Morgan fingerprint density at radius 1 is 1.38 bits per heavy atom. The third kappa shape index (κ3) is 2.95. The Labute approximate surface area is 124 Å². The Balaban J connectivity index is 2.29. The molecule has 1 aliphatic rings. The summed E-state index contributed by atoms with van der Waals surface area (Å²) in [4.78, 5) is 11.5. The van der Waals surface area contributed by atoms with Gasteiger partial charge in [-0.15, -0.1) is 0 Å². The van der Waals surface area contributed by atoms with E-state index in [1.165, 1.54) is 13.0 Å². The number of aryl methyl sites for hydroxylation is 2. The lowest BCUT2D eigenvalue weighted by atomic mass is 9.86. The van der Waals surface area contributed by atoms with E-state index in [-0.39, 0.29) is 18.1 Å². The Bertz CT molecular complexity index is 670. The van der Waals surface area contributed by atoms with Crippen LogP contribution in [-0.2, 0) is 19.6 Å². The number of aliphatic carboxylic acids is 1. The predicted molar refractivity (Wildman–Crippen MR) is 76.6 cm³/mol. The Kier molecular flexibility index (Phi) is 4.10. The van der Waals surface area contributed by atoms with Crippen LogP contribution in [0.4, 0.5) is 0 Å². The maximum absolute atomic E-state index is 12.4. The van der Waals surface area contributed by atoms with Gasteiger partial charge in [-0.2, -0.15) is 0 Å². The van der Waals surface area contributed by atoms with Gasteiger partial charge in [-0.25, -0.2) is 13.1 Å². The van der Waals surface area contributed by atoms with Crippen LogP contribution in [0.1, 0.15) is 18.1 Å². The predicted octanol–water partition coefficient (Wildman–Crippen LogP) is 1.07. The number of hydrogen-bond donors (Lipinski definition) is 2. The molecule has 1 heterocycles. The molecule has 1 saturated heterocycles. The summed E-state index contributed by atoms with van der Waals surface area (Å²) >= 11 is 0. The molecule has 2 atom stereocenters. The molecule has 21 heavy (non-hydrogen) atoms. The molecular weight excluding hydrogens is 294 g/mol. The van der Waals surface area contributed by atoms with Crippen molar-refractivity contribution in [1.29, 1.82) is 0 Å². The van der Waals surface area contributed by atoms with E-state index in [1.807, 2.05) is 13.8 Å². The average molecular weight is 313 g/mol. The number of hydrogen-bond acceptors (Lipinski definition) is 4. The maximum Gasteiger partial charge on any atom is 0.313 e. The molecule has 7 heteroatoms. The fourth-order valence-corrected chi connectivity index (χ4v) is 3.60. The summed E-state index contributed by atoms with van der Waals surface area (Å²) in [6, 6.07) is 4.02. The minimum atomic E-state index is -3.78. The molecule has 2 unspecified atom stereocenters. The highest BCUT2D eigenvalue weighted by Crippen LogP contribution is 2.30. The quantitative estimate of drug-likeness (QED) is 0.867. The van der Waals surface area contributed by atoms with E-state index >= 15 is 0 Å². The maximum atomic E-state index is 12.4. The van der Waals surface area contributed by atoms with Crippen LogP contribution >= 0.6 is 0 Å². The van der Waals surface area contributed by atoms with Crippen LogP contribution < -0.4 is 4.72 Å². The summed E-state index contributed by atoms with van der Waals surface area (Å²) in [6.07, 6.45) is 0. The second kappa shape index (κ2) is 5.40. The summed E-state index contributed by atoms with van der Waals surface area (Å²) in [6.45, 7) is 5.24. The first-order chi connectivity index (χ1) is 9.67. The molecule has 1 aliphatic heterocycles. The topological polar surface area (TPSA) is 92.7 Å². The van der Waals surface area contributed by atoms with Gasteiger partial charge in [0.2, 0.25) is 10.0 Å². The summed E-state index contributed by atoms with van der Waals surface area (Å²) in [7, 11) is -3.78. The zero-order valence-corrected chi connectivity index (χ0v) is 13.0. The van der Waals surface area contributed by atoms with Crippen molar-refractivity contribution < 1.29 is 23.1 Å². The number of carbonyl (C=O) groups is 1. The number of ether oxygens (including phenoxy) is 1. The van der Waals surface area contributed by atoms with Crippen LogP contribution in [0.25, 0.3) is 0 Å². The van der Waals surface area contributed by atoms with Gasteiger partial charge in [0.1, 0.15) is 5.41 Å². The molecular formula is C14H19NO5S. The monoisotopic (exact) mass is 313 g/mol. The molecule has 0 radical (unpaired) electrons. The van der Waals surface area contributed by atoms with Gasteiger partial charge in [0.05, 0.1) is 24.2 Å². The highest BCUT2D eigenvalue weighted by Gasteiger charge is 2.48. The lowest BCUT2D eigenvalue weighted by molar-refractivity contribution is -0.148. The molecule has 116 valence electrons. The Morgan fingerprint density at radius 2 is 2.05 bits per heavy atom. The van der Waals surface area contributed by atoms with Crippen molar-refractivity contribution in [1.82, 2.24) is 4.72 Å². The lowest BCUT2D eigenvalue weighted by Crippen LogP contribution is -2.49. The van der Waals surface area contributed by atoms with Crippen LogP contribution in [0.5, 0.6) is 0 Å². The number of carboxylic acid groups (broad SMARTS) is 1.